The fourth-order valence-electron chi connectivity index (χ4n) is 2.36. The number of hydrogen-bond donors (Lipinski definition) is 3. The van der Waals surface area contributed by atoms with Gasteiger partial charge in [0.15, 0.2) is 5.96 Å². The van der Waals surface area contributed by atoms with Gasteiger partial charge in [0, 0.05) is 12.6 Å². The highest BCUT2D eigenvalue weighted by atomic mass is 127. The van der Waals surface area contributed by atoms with Gasteiger partial charge in [-0.3, -0.25) is 0 Å². The lowest BCUT2D eigenvalue weighted by atomic mass is 9.96. The van der Waals surface area contributed by atoms with Crippen LogP contribution in [0.15, 0.2) is 59.6 Å². The van der Waals surface area contributed by atoms with Gasteiger partial charge in [0.25, 0.3) is 0 Å². The van der Waals surface area contributed by atoms with Crippen LogP contribution in [0.25, 0.3) is 0 Å². The van der Waals surface area contributed by atoms with E-state index in [-0.39, 0.29) is 36.3 Å². The van der Waals surface area contributed by atoms with Gasteiger partial charge >= 0.3 is 0 Å². The fraction of sp³-hybridized carbons (Fsp3) is 0.350. The molecule has 0 amide bonds. The van der Waals surface area contributed by atoms with E-state index in [1.165, 1.54) is 12.1 Å². The second kappa shape index (κ2) is 11.8. The monoisotopic (exact) mass is 487 g/mol. The largest absolute Gasteiger partial charge is 0.492 e. The minimum atomic E-state index is -1.05. The van der Waals surface area contributed by atoms with E-state index in [1.807, 2.05) is 37.3 Å². The SMILES string of the molecule is CCNC(=NCC(C)(O)c1ccccc1)NCCOc1cccc(F)c1.I. The smallest absolute Gasteiger partial charge is 0.191 e. The predicted octanol–water partition coefficient (Wildman–Crippen LogP) is 3.29. The third-order valence-electron chi connectivity index (χ3n) is 3.74. The summed E-state index contributed by atoms with van der Waals surface area (Å²) in [6.07, 6.45) is 0. The van der Waals surface area contributed by atoms with E-state index in [2.05, 4.69) is 15.6 Å². The molecule has 148 valence electrons. The number of hydrogen-bond acceptors (Lipinski definition) is 3. The third kappa shape index (κ3) is 8.13. The molecular weight excluding hydrogens is 460 g/mol. The maximum atomic E-state index is 13.1. The van der Waals surface area contributed by atoms with E-state index in [9.17, 15) is 9.50 Å². The molecule has 27 heavy (non-hydrogen) atoms. The Bertz CT molecular complexity index is 711. The zero-order valence-electron chi connectivity index (χ0n) is 15.6. The van der Waals surface area contributed by atoms with Gasteiger partial charge in [-0.1, -0.05) is 36.4 Å². The molecule has 0 aliphatic carbocycles. The molecule has 0 aromatic heterocycles. The van der Waals surface area contributed by atoms with Crippen LogP contribution < -0.4 is 15.4 Å². The number of halogens is 2. The average Bonchev–Trinajstić information content (AvgIpc) is 2.64. The topological polar surface area (TPSA) is 65.9 Å². The number of ether oxygens (including phenoxy) is 1. The summed E-state index contributed by atoms with van der Waals surface area (Å²) in [4.78, 5) is 4.45. The van der Waals surface area contributed by atoms with Crippen LogP contribution in [0.1, 0.15) is 19.4 Å². The molecule has 0 fully saturated rings. The second-order valence-electron chi connectivity index (χ2n) is 6.07. The molecule has 2 aromatic rings. The van der Waals surface area contributed by atoms with E-state index in [0.717, 1.165) is 5.56 Å². The molecule has 0 spiro atoms. The van der Waals surface area contributed by atoms with Crippen molar-refractivity contribution in [2.24, 2.45) is 4.99 Å². The standard InChI is InChI=1S/C20H26FN3O2.HI/c1-3-22-19(23-12-13-26-18-11-7-10-17(21)14-18)24-15-20(2,25)16-8-5-4-6-9-16;/h4-11,14,25H,3,12-13,15H2,1-2H3,(H2,22,23,24);1H. The van der Waals surface area contributed by atoms with Crippen molar-refractivity contribution in [2.45, 2.75) is 19.4 Å². The quantitative estimate of drug-likeness (QED) is 0.232. The number of aliphatic hydroxyl groups is 1. The van der Waals surface area contributed by atoms with E-state index >= 15 is 0 Å². The van der Waals surface area contributed by atoms with E-state index in [1.54, 1.807) is 19.1 Å². The minimum Gasteiger partial charge on any atom is -0.492 e. The Labute approximate surface area is 177 Å². The van der Waals surface area contributed by atoms with Crippen LogP contribution >= 0.6 is 24.0 Å². The molecule has 0 aliphatic heterocycles. The Hall–Kier alpha value is -1.87. The van der Waals surface area contributed by atoms with Crippen molar-refractivity contribution in [1.29, 1.82) is 0 Å². The van der Waals surface area contributed by atoms with Gasteiger partial charge in [0.1, 0.15) is 23.8 Å². The predicted molar refractivity (Wildman–Crippen MR) is 117 cm³/mol. The van der Waals surface area contributed by atoms with Crippen molar-refractivity contribution < 1.29 is 14.2 Å². The molecule has 2 rings (SSSR count). The number of aliphatic imine (C=N–C) groups is 1. The van der Waals surface area contributed by atoms with E-state index in [4.69, 9.17) is 4.74 Å². The van der Waals surface area contributed by atoms with Gasteiger partial charge in [-0.15, -0.1) is 24.0 Å². The van der Waals surface area contributed by atoms with Gasteiger partial charge in [-0.25, -0.2) is 9.38 Å². The Balaban J connectivity index is 0.00000364. The van der Waals surface area contributed by atoms with Gasteiger partial charge in [0.2, 0.25) is 0 Å². The molecule has 0 heterocycles. The number of nitrogens with one attached hydrogen (secondary N) is 2. The Morgan fingerprint density at radius 3 is 2.56 bits per heavy atom. The van der Waals surface area contributed by atoms with Crippen molar-refractivity contribution in [3.05, 3.63) is 66.0 Å². The molecule has 0 saturated heterocycles. The summed E-state index contributed by atoms with van der Waals surface area (Å²) in [6, 6.07) is 15.5. The third-order valence-corrected chi connectivity index (χ3v) is 3.74. The molecule has 0 radical (unpaired) electrons. The highest BCUT2D eigenvalue weighted by Crippen LogP contribution is 2.20. The van der Waals surface area contributed by atoms with Gasteiger partial charge in [0.05, 0.1) is 13.1 Å². The molecule has 5 nitrogen and oxygen atoms in total. The highest BCUT2D eigenvalue weighted by Gasteiger charge is 2.22. The summed E-state index contributed by atoms with van der Waals surface area (Å²) in [5.74, 6) is 0.751. The Morgan fingerprint density at radius 2 is 1.89 bits per heavy atom. The molecular formula is C20H27FIN3O2. The van der Waals surface area contributed by atoms with Crippen LogP contribution in [0.3, 0.4) is 0 Å². The molecule has 1 atom stereocenters. The first-order valence-corrected chi connectivity index (χ1v) is 8.70. The second-order valence-corrected chi connectivity index (χ2v) is 6.07. The van der Waals surface area contributed by atoms with Crippen LogP contribution in [0.2, 0.25) is 0 Å². The molecule has 1 unspecified atom stereocenters. The number of nitrogens with zero attached hydrogens (tertiary/aromatic N) is 1. The van der Waals surface area contributed by atoms with Gasteiger partial charge in [-0.2, -0.15) is 0 Å². The summed E-state index contributed by atoms with van der Waals surface area (Å²) in [5, 5.41) is 16.9. The number of benzene rings is 2. The van der Waals surface area contributed by atoms with Crippen molar-refractivity contribution >= 4 is 29.9 Å². The van der Waals surface area contributed by atoms with Crippen LogP contribution in [0.4, 0.5) is 4.39 Å². The van der Waals surface area contributed by atoms with Gasteiger partial charge < -0.3 is 20.5 Å². The average molecular weight is 487 g/mol. The summed E-state index contributed by atoms with van der Waals surface area (Å²) in [5.41, 5.74) is -0.240. The summed E-state index contributed by atoms with van der Waals surface area (Å²) in [7, 11) is 0. The summed E-state index contributed by atoms with van der Waals surface area (Å²) < 4.78 is 18.6. The lowest BCUT2D eigenvalue weighted by Gasteiger charge is -2.22. The molecule has 7 heteroatoms. The molecule has 0 saturated carbocycles. The summed E-state index contributed by atoms with van der Waals surface area (Å²) >= 11 is 0. The molecule has 0 aliphatic rings. The zero-order valence-corrected chi connectivity index (χ0v) is 17.9. The van der Waals surface area contributed by atoms with Crippen molar-refractivity contribution in [3.63, 3.8) is 0 Å². The maximum Gasteiger partial charge on any atom is 0.191 e. The van der Waals surface area contributed by atoms with Crippen LogP contribution in [-0.4, -0.2) is 37.3 Å². The van der Waals surface area contributed by atoms with Crippen molar-refractivity contribution in [3.8, 4) is 5.75 Å². The van der Waals surface area contributed by atoms with Crippen LogP contribution in [0, 0.1) is 5.82 Å². The Morgan fingerprint density at radius 1 is 1.15 bits per heavy atom. The highest BCUT2D eigenvalue weighted by molar-refractivity contribution is 14.0. The van der Waals surface area contributed by atoms with Crippen molar-refractivity contribution in [1.82, 2.24) is 10.6 Å². The van der Waals surface area contributed by atoms with Crippen LogP contribution in [0.5, 0.6) is 5.75 Å². The lowest BCUT2D eigenvalue weighted by molar-refractivity contribution is 0.0672. The normalized spacial score (nSPS) is 13.3. The molecule has 0 bridgehead atoms. The first-order valence-electron chi connectivity index (χ1n) is 8.70. The maximum absolute atomic E-state index is 13.1. The van der Waals surface area contributed by atoms with Crippen LogP contribution in [-0.2, 0) is 5.60 Å². The minimum absolute atomic E-state index is 0. The first kappa shape index (κ1) is 23.2. The number of rotatable bonds is 8. The van der Waals surface area contributed by atoms with Crippen molar-refractivity contribution in [2.75, 3.05) is 26.2 Å². The summed E-state index contributed by atoms with van der Waals surface area (Å²) in [6.45, 7) is 5.48. The fourth-order valence-corrected chi connectivity index (χ4v) is 2.36. The lowest BCUT2D eigenvalue weighted by Crippen LogP contribution is -2.40. The zero-order chi connectivity index (χ0) is 18.8. The number of guanidine groups is 1. The van der Waals surface area contributed by atoms with E-state index in [0.29, 0.717) is 31.4 Å². The van der Waals surface area contributed by atoms with Gasteiger partial charge in [-0.05, 0) is 31.5 Å². The molecule has 2 aromatic carbocycles. The molecule has 3 N–H and O–H groups in total. The first-order chi connectivity index (χ1) is 12.5. The van der Waals surface area contributed by atoms with E-state index < -0.39 is 5.60 Å². The Kier molecular flexibility index (Phi) is 10.1.